The number of anilines is 1. The van der Waals surface area contributed by atoms with E-state index in [0.717, 1.165) is 29.2 Å². The number of nitrogens with zero attached hydrogens (tertiary/aromatic N) is 4. The van der Waals surface area contributed by atoms with E-state index in [-0.39, 0.29) is 44.6 Å². The SMILES string of the molecule is C.C[n+]1ccc(/C=C2\Sc3ccccc3N2CCCCC(=O)ON2C(=O)CCC2=O)c2ccccc21.O=C1CCC(=O)N1O.[2H]CF. The molecule has 0 atom stereocenters. The van der Waals surface area contributed by atoms with Gasteiger partial charge in [-0.25, -0.2) is 9.36 Å². The van der Waals surface area contributed by atoms with Gasteiger partial charge in [-0.2, -0.15) is 5.06 Å². The van der Waals surface area contributed by atoms with E-state index in [1.165, 1.54) is 15.8 Å². The molecule has 2 saturated heterocycles. The van der Waals surface area contributed by atoms with Crippen molar-refractivity contribution in [3.63, 3.8) is 0 Å². The van der Waals surface area contributed by atoms with Crippen molar-refractivity contribution in [2.24, 2.45) is 7.05 Å². The minimum absolute atomic E-state index is 0. The van der Waals surface area contributed by atoms with Gasteiger partial charge in [-0.05, 0) is 42.7 Å². The molecule has 0 spiro atoms. The first kappa shape index (κ1) is 34.3. The van der Waals surface area contributed by atoms with Crippen molar-refractivity contribution in [3.8, 4) is 0 Å². The first-order chi connectivity index (χ1) is 22.1. The van der Waals surface area contributed by atoms with Crippen molar-refractivity contribution < 1.29 is 44.3 Å². The quantitative estimate of drug-likeness (QED) is 0.160. The highest BCUT2D eigenvalue weighted by Crippen LogP contribution is 2.46. The Morgan fingerprint density at radius 3 is 2.24 bits per heavy atom. The lowest BCUT2D eigenvalue weighted by molar-refractivity contribution is -0.644. The second-order valence-electron chi connectivity index (χ2n) is 10.2. The molecule has 0 bridgehead atoms. The molecule has 1 aromatic heterocycles. The number of carbonyl (C=O) groups is 5. The number of imide groups is 2. The Bertz CT molecular complexity index is 1640. The molecule has 4 amide bonds. The zero-order chi connectivity index (χ0) is 33.2. The van der Waals surface area contributed by atoms with E-state index in [0.29, 0.717) is 11.5 Å². The number of pyridine rings is 1. The Morgan fingerprint density at radius 2 is 1.59 bits per heavy atom. The molecule has 1 N–H and O–H groups in total. The highest BCUT2D eigenvalue weighted by atomic mass is 32.2. The fourth-order valence-corrected chi connectivity index (χ4v) is 6.09. The second-order valence-corrected chi connectivity index (χ2v) is 11.3. The van der Waals surface area contributed by atoms with Crippen LogP contribution in [0.2, 0.25) is 0 Å². The monoisotopic (exact) mass is 654 g/mol. The van der Waals surface area contributed by atoms with E-state index >= 15 is 0 Å². The summed E-state index contributed by atoms with van der Waals surface area (Å²) in [6.45, 7) is 0.739. The average molecular weight is 655 g/mol. The number of carbonyl (C=O) groups excluding carboxylic acids is 5. The van der Waals surface area contributed by atoms with Gasteiger partial charge >= 0.3 is 5.97 Å². The topological polar surface area (TPSA) is 128 Å². The predicted octanol–water partition coefficient (Wildman–Crippen LogP) is 5.10. The molecule has 4 heterocycles. The summed E-state index contributed by atoms with van der Waals surface area (Å²) >= 11 is 1.74. The van der Waals surface area contributed by atoms with Crippen molar-refractivity contribution in [1.29, 1.82) is 0 Å². The number of halogens is 1. The fourth-order valence-electron chi connectivity index (χ4n) is 4.95. The van der Waals surface area contributed by atoms with Crippen LogP contribution >= 0.6 is 11.8 Å². The van der Waals surface area contributed by atoms with Crippen molar-refractivity contribution in [2.45, 2.75) is 57.3 Å². The number of hydroxylamine groups is 4. The number of aromatic nitrogens is 1. The van der Waals surface area contributed by atoms with Gasteiger partial charge in [0.1, 0.15) is 7.05 Å². The van der Waals surface area contributed by atoms with Gasteiger partial charge in [0.05, 0.1) is 24.6 Å². The van der Waals surface area contributed by atoms with Crippen LogP contribution in [0.5, 0.6) is 0 Å². The summed E-state index contributed by atoms with van der Waals surface area (Å²) < 4.78 is 17.6. The molecule has 0 saturated carbocycles. The molecule has 0 unspecified atom stereocenters. The molecule has 244 valence electrons. The molecule has 0 radical (unpaired) electrons. The van der Waals surface area contributed by atoms with Gasteiger partial charge in [-0.3, -0.25) is 28.8 Å². The maximum Gasteiger partial charge on any atom is 0.333 e. The maximum atomic E-state index is 12.1. The zero-order valence-corrected chi connectivity index (χ0v) is 25.5. The van der Waals surface area contributed by atoms with Crippen LogP contribution in [0.4, 0.5) is 10.1 Å². The highest BCUT2D eigenvalue weighted by molar-refractivity contribution is 8.03. The van der Waals surface area contributed by atoms with Crippen molar-refractivity contribution in [3.05, 3.63) is 71.4 Å². The first-order valence-electron chi connectivity index (χ1n) is 14.9. The molecule has 13 heteroatoms. The molecule has 3 aliphatic rings. The Balaban J connectivity index is 0.000000429. The molecular weight excluding hydrogens is 615 g/mol. The van der Waals surface area contributed by atoms with Crippen molar-refractivity contribution in [1.82, 2.24) is 10.1 Å². The summed E-state index contributed by atoms with van der Waals surface area (Å²) in [6.07, 6.45) is 6.30. The van der Waals surface area contributed by atoms with Gasteiger partial charge in [0.2, 0.25) is 5.52 Å². The molecule has 6 rings (SSSR count). The minimum atomic E-state index is -1.00. The van der Waals surface area contributed by atoms with Gasteiger partial charge in [-0.1, -0.05) is 43.5 Å². The van der Waals surface area contributed by atoms with E-state index in [9.17, 15) is 28.4 Å². The molecule has 2 aromatic carbocycles. The summed E-state index contributed by atoms with van der Waals surface area (Å²) in [5.41, 5.74) is 3.48. The van der Waals surface area contributed by atoms with Gasteiger partial charge in [-0.15, -0.1) is 5.06 Å². The molecule has 3 aliphatic heterocycles. The Kier molecular flexibility index (Phi) is 12.4. The number of benzene rings is 2. The van der Waals surface area contributed by atoms with E-state index in [2.05, 4.69) is 58.1 Å². The van der Waals surface area contributed by atoms with Crippen LogP contribution in [0, 0.1) is 0 Å². The number of thioether (sulfide) groups is 1. The summed E-state index contributed by atoms with van der Waals surface area (Å²) in [5.74, 6) is -2.47. The maximum absolute atomic E-state index is 12.1. The number of unbranched alkanes of at least 4 members (excludes halogenated alkanes) is 1. The zero-order valence-electron chi connectivity index (χ0n) is 25.7. The number of rotatable bonds is 7. The van der Waals surface area contributed by atoms with Crippen LogP contribution in [-0.2, 0) is 35.9 Å². The normalized spacial score (nSPS) is 16.5. The number of aryl methyl sites for hydroxylation is 1. The van der Waals surface area contributed by atoms with Crippen LogP contribution < -0.4 is 9.47 Å². The van der Waals surface area contributed by atoms with Gasteiger partial charge in [0.25, 0.3) is 23.6 Å². The molecule has 11 nitrogen and oxygen atoms in total. The van der Waals surface area contributed by atoms with Crippen molar-refractivity contribution in [2.75, 3.05) is 18.6 Å². The number of hydrogen-bond acceptors (Lipinski definition) is 9. The third-order valence-corrected chi connectivity index (χ3v) is 8.34. The average Bonchev–Trinajstić information content (AvgIpc) is 3.67. The number of para-hydroxylation sites is 2. The second kappa shape index (κ2) is 16.6. The predicted molar refractivity (Wildman–Crippen MR) is 170 cm³/mol. The van der Waals surface area contributed by atoms with Gasteiger partial charge in [0, 0.05) is 55.7 Å². The van der Waals surface area contributed by atoms with Crippen LogP contribution in [0.15, 0.2) is 70.7 Å². The number of fused-ring (bicyclic) bond motifs is 2. The van der Waals surface area contributed by atoms with E-state index in [1.807, 2.05) is 25.2 Å². The Morgan fingerprint density at radius 1 is 0.978 bits per heavy atom. The minimum Gasteiger partial charge on any atom is -0.335 e. The molecule has 2 fully saturated rings. The summed E-state index contributed by atoms with van der Waals surface area (Å²) in [6, 6.07) is 18.8. The Hall–Kier alpha value is -4.62. The van der Waals surface area contributed by atoms with Gasteiger partial charge < -0.3 is 9.74 Å². The lowest BCUT2D eigenvalue weighted by Gasteiger charge is -2.20. The summed E-state index contributed by atoms with van der Waals surface area (Å²) in [7, 11) is 1.05. The molecule has 0 aliphatic carbocycles. The van der Waals surface area contributed by atoms with Crippen LogP contribution in [-0.4, -0.2) is 58.6 Å². The van der Waals surface area contributed by atoms with Crippen LogP contribution in [0.25, 0.3) is 17.0 Å². The van der Waals surface area contributed by atoms with E-state index in [1.54, 1.807) is 11.8 Å². The number of alkyl halides is 1. The third-order valence-electron chi connectivity index (χ3n) is 7.23. The first-order valence-corrected chi connectivity index (χ1v) is 15.1. The molecule has 3 aromatic rings. The Labute approximate surface area is 272 Å². The lowest BCUT2D eigenvalue weighted by atomic mass is 10.1. The smallest absolute Gasteiger partial charge is 0.333 e. The summed E-state index contributed by atoms with van der Waals surface area (Å²) in [5, 5.41) is 11.5. The third kappa shape index (κ3) is 8.34. The van der Waals surface area contributed by atoms with Crippen molar-refractivity contribution >= 4 is 64.0 Å². The summed E-state index contributed by atoms with van der Waals surface area (Å²) in [4.78, 5) is 64.4. The largest absolute Gasteiger partial charge is 0.335 e. The molecular formula is C33H38FN4O7S+. The van der Waals surface area contributed by atoms with Crippen LogP contribution in [0.1, 0.15) is 59.3 Å². The molecule has 46 heavy (non-hydrogen) atoms. The lowest BCUT2D eigenvalue weighted by Crippen LogP contribution is -2.32. The number of amides is 4. The number of hydrogen-bond donors (Lipinski definition) is 1. The fraction of sp³-hybridized carbons (Fsp3) is 0.333. The highest BCUT2D eigenvalue weighted by Gasteiger charge is 2.33. The van der Waals surface area contributed by atoms with Crippen LogP contribution in [0.3, 0.4) is 0 Å². The van der Waals surface area contributed by atoms with Gasteiger partial charge in [0.15, 0.2) is 6.20 Å². The standard InChI is InChI=1S/C27H26N3O4S.C4H5NO3.CH3F.CH4/c1-28-17-15-19(20-8-2-3-9-21(20)28)18-26-29(22-10-4-5-11-23(22)35-26)16-7-6-12-27(33)34-30-24(31)13-14-25(30)32;6-3-1-2-4(7)5(3)8;1-2;/h2-5,8-11,15,17-18H,6-7,12-14,16H2,1H3;8H,1-2H2;1H3;1H4/q+1;;;/i;;1D;. The van der Waals surface area contributed by atoms with E-state index in [4.69, 9.17) is 11.4 Å². The van der Waals surface area contributed by atoms with E-state index < -0.39 is 36.8 Å².